The highest BCUT2D eigenvalue weighted by molar-refractivity contribution is 6.17. The van der Waals surface area contributed by atoms with E-state index in [1.807, 2.05) is 6.92 Å². The van der Waals surface area contributed by atoms with Crippen molar-refractivity contribution in [3.05, 3.63) is 83.6 Å². The van der Waals surface area contributed by atoms with Crippen LogP contribution in [0.5, 0.6) is 0 Å². The molecular weight excluding hydrogens is 369 g/mol. The lowest BCUT2D eigenvalue weighted by Gasteiger charge is -2.14. The van der Waals surface area contributed by atoms with Gasteiger partial charge in [0.25, 0.3) is 0 Å². The van der Waals surface area contributed by atoms with Crippen molar-refractivity contribution < 1.29 is 18.0 Å². The predicted octanol–water partition coefficient (Wildman–Crippen LogP) is 4.37. The Bertz CT molecular complexity index is 1180. The zero-order chi connectivity index (χ0) is 19.9. The number of aryl methyl sites for hydroxylation is 1. The molecule has 4 rings (SSSR count). The van der Waals surface area contributed by atoms with Crippen LogP contribution >= 0.6 is 0 Å². The molecule has 2 aromatic heterocycles. The third-order valence-corrected chi connectivity index (χ3v) is 4.42. The number of ketones is 1. The lowest BCUT2D eigenvalue weighted by Crippen LogP contribution is -2.14. The van der Waals surface area contributed by atoms with Crippen LogP contribution in [0, 0.1) is 6.92 Å². The number of nitrogens with zero attached hydrogens (tertiary/aromatic N) is 4. The van der Waals surface area contributed by atoms with Gasteiger partial charge in [0.05, 0.1) is 16.8 Å². The van der Waals surface area contributed by atoms with Gasteiger partial charge < -0.3 is 0 Å². The summed E-state index contributed by atoms with van der Waals surface area (Å²) in [4.78, 5) is 21.3. The summed E-state index contributed by atoms with van der Waals surface area (Å²) in [6.07, 6.45) is -0.186. The molecule has 0 saturated heterocycles. The number of hydrogen-bond acceptors (Lipinski definition) is 4. The van der Waals surface area contributed by atoms with Crippen molar-refractivity contribution in [2.45, 2.75) is 13.1 Å². The fourth-order valence-corrected chi connectivity index (χ4v) is 3.19. The Hall–Kier alpha value is -3.55. The van der Waals surface area contributed by atoms with E-state index in [1.54, 1.807) is 18.3 Å². The summed E-state index contributed by atoms with van der Waals surface area (Å²) < 4.78 is 41.6. The van der Waals surface area contributed by atoms with Gasteiger partial charge in [-0.3, -0.25) is 9.78 Å². The molecule has 0 radical (unpaired) electrons. The van der Waals surface area contributed by atoms with Gasteiger partial charge in [0, 0.05) is 22.7 Å². The third kappa shape index (κ3) is 2.92. The van der Waals surface area contributed by atoms with Gasteiger partial charge in [0.15, 0.2) is 5.78 Å². The quantitative estimate of drug-likeness (QED) is 0.494. The molecule has 2 aromatic carbocycles. The van der Waals surface area contributed by atoms with E-state index in [2.05, 4.69) is 15.1 Å². The Morgan fingerprint density at radius 1 is 1.04 bits per heavy atom. The second kappa shape index (κ2) is 6.56. The normalized spacial score (nSPS) is 11.7. The summed E-state index contributed by atoms with van der Waals surface area (Å²) in [6, 6.07) is 9.59. The first-order valence-electron chi connectivity index (χ1n) is 8.32. The van der Waals surface area contributed by atoms with Gasteiger partial charge in [0.1, 0.15) is 12.7 Å². The highest BCUT2D eigenvalue weighted by Gasteiger charge is 2.35. The Balaban J connectivity index is 1.95. The number of benzene rings is 2. The van der Waals surface area contributed by atoms with Crippen LogP contribution in [0.2, 0.25) is 0 Å². The first kappa shape index (κ1) is 17.8. The maximum Gasteiger partial charge on any atom is 0.417 e. The molecule has 0 spiro atoms. The van der Waals surface area contributed by atoms with Crippen molar-refractivity contribution >= 4 is 16.7 Å². The molecule has 0 unspecified atom stereocenters. The average molecular weight is 382 g/mol. The standard InChI is InChI=1S/C20H13F3N4O/c1-12-9-25-17-14(18(12)27-11-24-10-26-27)6-4-7-15(17)19(28)13-5-2-3-8-16(13)20(21,22)23/h2-11H,1H3. The average Bonchev–Trinajstić information content (AvgIpc) is 3.20. The maximum atomic E-state index is 13.4. The number of rotatable bonds is 3. The monoisotopic (exact) mass is 382 g/mol. The smallest absolute Gasteiger partial charge is 0.289 e. The van der Waals surface area contributed by atoms with E-state index in [9.17, 15) is 18.0 Å². The summed E-state index contributed by atoms with van der Waals surface area (Å²) in [5.74, 6) is -0.737. The third-order valence-electron chi connectivity index (χ3n) is 4.42. The summed E-state index contributed by atoms with van der Waals surface area (Å²) in [6.45, 7) is 1.83. The molecule has 140 valence electrons. The van der Waals surface area contributed by atoms with Crippen molar-refractivity contribution in [1.82, 2.24) is 19.7 Å². The summed E-state index contributed by atoms with van der Waals surface area (Å²) in [5, 5.41) is 4.72. The van der Waals surface area contributed by atoms with Crippen molar-refractivity contribution in [3.8, 4) is 5.69 Å². The number of halogens is 3. The van der Waals surface area contributed by atoms with E-state index in [-0.39, 0.29) is 5.56 Å². The molecule has 28 heavy (non-hydrogen) atoms. The van der Waals surface area contributed by atoms with Gasteiger partial charge in [-0.05, 0) is 24.6 Å². The van der Waals surface area contributed by atoms with E-state index in [4.69, 9.17) is 0 Å². The SMILES string of the molecule is Cc1cnc2c(C(=O)c3ccccc3C(F)(F)F)cccc2c1-n1cncn1. The molecule has 5 nitrogen and oxygen atoms in total. The van der Waals surface area contributed by atoms with Gasteiger partial charge in [-0.1, -0.05) is 30.3 Å². The van der Waals surface area contributed by atoms with E-state index < -0.39 is 23.1 Å². The molecule has 0 bridgehead atoms. The van der Waals surface area contributed by atoms with Gasteiger partial charge in [-0.25, -0.2) is 9.67 Å². The summed E-state index contributed by atoms with van der Waals surface area (Å²) in [7, 11) is 0. The van der Waals surface area contributed by atoms with Gasteiger partial charge in [-0.15, -0.1) is 0 Å². The van der Waals surface area contributed by atoms with E-state index in [1.165, 1.54) is 41.6 Å². The predicted molar refractivity (Wildman–Crippen MR) is 96.3 cm³/mol. The lowest BCUT2D eigenvalue weighted by molar-refractivity contribution is -0.137. The van der Waals surface area contributed by atoms with Crippen LogP contribution in [-0.4, -0.2) is 25.5 Å². The molecular formula is C20H13F3N4O. The van der Waals surface area contributed by atoms with Crippen LogP contribution < -0.4 is 0 Å². The number of pyridine rings is 1. The number of fused-ring (bicyclic) bond motifs is 1. The topological polar surface area (TPSA) is 60.7 Å². The number of alkyl halides is 3. The highest BCUT2D eigenvalue weighted by Crippen LogP contribution is 2.34. The zero-order valence-electron chi connectivity index (χ0n) is 14.6. The molecule has 8 heteroatoms. The largest absolute Gasteiger partial charge is 0.417 e. The number of carbonyl (C=O) groups is 1. The number of hydrogen-bond donors (Lipinski definition) is 0. The zero-order valence-corrected chi connectivity index (χ0v) is 14.6. The molecule has 0 saturated carbocycles. The van der Waals surface area contributed by atoms with Crippen molar-refractivity contribution in [3.63, 3.8) is 0 Å². The van der Waals surface area contributed by atoms with Gasteiger partial charge >= 0.3 is 6.18 Å². The molecule has 0 fully saturated rings. The Labute approximate surface area is 157 Å². The minimum Gasteiger partial charge on any atom is -0.289 e. The van der Waals surface area contributed by atoms with Crippen LogP contribution in [0.15, 0.2) is 61.3 Å². The Kier molecular flexibility index (Phi) is 4.18. The van der Waals surface area contributed by atoms with Crippen LogP contribution in [0.1, 0.15) is 27.0 Å². The first-order valence-corrected chi connectivity index (χ1v) is 8.32. The van der Waals surface area contributed by atoms with E-state index in [0.29, 0.717) is 16.6 Å². The Morgan fingerprint density at radius 2 is 1.79 bits per heavy atom. The highest BCUT2D eigenvalue weighted by atomic mass is 19.4. The number of carbonyl (C=O) groups excluding carboxylic acids is 1. The first-order chi connectivity index (χ1) is 13.4. The maximum absolute atomic E-state index is 13.4. The van der Waals surface area contributed by atoms with E-state index >= 15 is 0 Å². The minimum atomic E-state index is -4.63. The van der Waals surface area contributed by atoms with Crippen molar-refractivity contribution in [2.24, 2.45) is 0 Å². The molecule has 4 aromatic rings. The second-order valence-electron chi connectivity index (χ2n) is 6.20. The van der Waals surface area contributed by atoms with Crippen LogP contribution in [-0.2, 0) is 6.18 Å². The number of para-hydroxylation sites is 1. The van der Waals surface area contributed by atoms with E-state index in [0.717, 1.165) is 11.6 Å². The second-order valence-corrected chi connectivity index (χ2v) is 6.20. The fraction of sp³-hybridized carbons (Fsp3) is 0.100. The molecule has 2 heterocycles. The van der Waals surface area contributed by atoms with Gasteiger partial charge in [0.2, 0.25) is 0 Å². The van der Waals surface area contributed by atoms with Gasteiger partial charge in [-0.2, -0.15) is 18.3 Å². The summed E-state index contributed by atoms with van der Waals surface area (Å²) in [5.41, 5.74) is 0.475. The molecule has 0 aliphatic heterocycles. The van der Waals surface area contributed by atoms with Crippen LogP contribution in [0.4, 0.5) is 13.2 Å². The number of aromatic nitrogens is 4. The molecule has 0 aliphatic carbocycles. The Morgan fingerprint density at radius 3 is 2.50 bits per heavy atom. The van der Waals surface area contributed by atoms with Crippen molar-refractivity contribution in [1.29, 1.82) is 0 Å². The van der Waals surface area contributed by atoms with Crippen molar-refractivity contribution in [2.75, 3.05) is 0 Å². The lowest BCUT2D eigenvalue weighted by atomic mass is 9.95. The fourth-order valence-electron chi connectivity index (χ4n) is 3.19. The van der Waals surface area contributed by atoms with Crippen LogP contribution in [0.25, 0.3) is 16.6 Å². The molecule has 0 N–H and O–H groups in total. The minimum absolute atomic E-state index is 0.0931. The molecule has 0 atom stereocenters. The van der Waals surface area contributed by atoms with Crippen LogP contribution in [0.3, 0.4) is 0 Å². The summed E-state index contributed by atoms with van der Waals surface area (Å²) >= 11 is 0. The molecule has 0 aliphatic rings. The molecule has 0 amide bonds.